The molecule has 0 aliphatic carbocycles. The topological polar surface area (TPSA) is 0 Å². The zero-order valence-corrected chi connectivity index (χ0v) is 10.00. The van der Waals surface area contributed by atoms with Gasteiger partial charge in [-0.05, 0) is 36.3 Å². The lowest BCUT2D eigenvalue weighted by Gasteiger charge is -2.11. The summed E-state index contributed by atoms with van der Waals surface area (Å²) in [4.78, 5) is 0. The van der Waals surface area contributed by atoms with Crippen LogP contribution in [0.15, 0.2) is 36.9 Å². The average molecular weight is 202 g/mol. The Morgan fingerprint density at radius 3 is 2.53 bits per heavy atom. The molecule has 0 N–H and O–H groups in total. The van der Waals surface area contributed by atoms with Crippen LogP contribution in [0.25, 0.3) is 0 Å². The van der Waals surface area contributed by atoms with Crippen LogP contribution in [-0.2, 0) is 12.8 Å². The highest BCUT2D eigenvalue weighted by molar-refractivity contribution is 5.28. The van der Waals surface area contributed by atoms with E-state index in [0.29, 0.717) is 5.92 Å². The van der Waals surface area contributed by atoms with Crippen LogP contribution < -0.4 is 0 Å². The Hall–Kier alpha value is -1.04. The largest absolute Gasteiger partial charge is 0.103 e. The van der Waals surface area contributed by atoms with Gasteiger partial charge in [-0.15, -0.1) is 6.58 Å². The van der Waals surface area contributed by atoms with Gasteiger partial charge in [0.05, 0.1) is 0 Å². The molecule has 0 fully saturated rings. The minimum Gasteiger partial charge on any atom is -0.103 e. The molecule has 0 bridgehead atoms. The van der Waals surface area contributed by atoms with Crippen molar-refractivity contribution >= 4 is 0 Å². The van der Waals surface area contributed by atoms with E-state index in [1.54, 1.807) is 0 Å². The van der Waals surface area contributed by atoms with Crippen LogP contribution in [0.4, 0.5) is 0 Å². The lowest BCUT2D eigenvalue weighted by atomic mass is 9.94. The number of allylic oxidation sites excluding steroid dienone is 1. The molecule has 1 rings (SSSR count). The smallest absolute Gasteiger partial charge is 0.0216 e. The third-order valence-corrected chi connectivity index (χ3v) is 2.86. The molecule has 0 amide bonds. The van der Waals surface area contributed by atoms with Crippen molar-refractivity contribution in [2.45, 2.75) is 39.5 Å². The second kappa shape index (κ2) is 6.44. The van der Waals surface area contributed by atoms with Crippen LogP contribution in [0.2, 0.25) is 0 Å². The van der Waals surface area contributed by atoms with Crippen LogP contribution >= 0.6 is 0 Å². The summed E-state index contributed by atoms with van der Waals surface area (Å²) >= 11 is 0. The van der Waals surface area contributed by atoms with Crippen LogP contribution in [0, 0.1) is 5.92 Å². The number of hydrogen-bond acceptors (Lipinski definition) is 0. The first kappa shape index (κ1) is 12.0. The van der Waals surface area contributed by atoms with Gasteiger partial charge >= 0.3 is 0 Å². The highest BCUT2D eigenvalue weighted by Gasteiger charge is 2.04. The van der Waals surface area contributed by atoms with Crippen LogP contribution in [0.5, 0.6) is 0 Å². The molecule has 0 nitrogen and oxygen atoms in total. The van der Waals surface area contributed by atoms with Crippen LogP contribution in [0.1, 0.15) is 37.8 Å². The highest BCUT2D eigenvalue weighted by Crippen LogP contribution is 2.16. The van der Waals surface area contributed by atoms with E-state index in [1.165, 1.54) is 30.4 Å². The summed E-state index contributed by atoms with van der Waals surface area (Å²) in [5.74, 6) is 0.577. The molecule has 1 unspecified atom stereocenters. The SMILES string of the molecule is C=CC(C)Cc1ccccc1CCCC. The Kier molecular flexibility index (Phi) is 5.17. The fourth-order valence-electron chi connectivity index (χ4n) is 1.80. The molecule has 1 aromatic rings. The van der Waals surface area contributed by atoms with Crippen molar-refractivity contribution in [2.24, 2.45) is 5.92 Å². The number of hydrogen-bond donors (Lipinski definition) is 0. The van der Waals surface area contributed by atoms with Crippen molar-refractivity contribution in [3.63, 3.8) is 0 Å². The summed E-state index contributed by atoms with van der Waals surface area (Å²) in [6.07, 6.45) is 6.95. The fourth-order valence-corrected chi connectivity index (χ4v) is 1.80. The Labute approximate surface area is 94.0 Å². The van der Waals surface area contributed by atoms with E-state index in [4.69, 9.17) is 0 Å². The predicted octanol–water partition coefficient (Wildman–Crippen LogP) is 4.39. The van der Waals surface area contributed by atoms with Gasteiger partial charge in [-0.2, -0.15) is 0 Å². The minimum atomic E-state index is 0.577. The van der Waals surface area contributed by atoms with Gasteiger partial charge in [-0.3, -0.25) is 0 Å². The molecule has 0 saturated carbocycles. The third kappa shape index (κ3) is 3.91. The zero-order valence-electron chi connectivity index (χ0n) is 10.00. The highest BCUT2D eigenvalue weighted by atomic mass is 14.1. The summed E-state index contributed by atoms with van der Waals surface area (Å²) in [6.45, 7) is 8.32. The lowest BCUT2D eigenvalue weighted by molar-refractivity contribution is 0.709. The first-order chi connectivity index (χ1) is 7.27. The molecule has 0 heterocycles. The summed E-state index contributed by atoms with van der Waals surface area (Å²) in [5.41, 5.74) is 3.02. The van der Waals surface area contributed by atoms with E-state index in [9.17, 15) is 0 Å². The Bertz CT molecular complexity index is 299. The molecule has 0 aliphatic rings. The molecule has 0 aromatic heterocycles. The number of unbranched alkanes of at least 4 members (excludes halogenated alkanes) is 1. The van der Waals surface area contributed by atoms with Crippen molar-refractivity contribution in [1.29, 1.82) is 0 Å². The monoisotopic (exact) mass is 202 g/mol. The first-order valence-electron chi connectivity index (χ1n) is 5.97. The second-order valence-electron chi connectivity index (χ2n) is 4.29. The minimum absolute atomic E-state index is 0.577. The normalized spacial score (nSPS) is 12.4. The number of rotatable bonds is 6. The molecule has 15 heavy (non-hydrogen) atoms. The lowest BCUT2D eigenvalue weighted by Crippen LogP contribution is -2.00. The summed E-state index contributed by atoms with van der Waals surface area (Å²) < 4.78 is 0. The van der Waals surface area contributed by atoms with Gasteiger partial charge in [0.1, 0.15) is 0 Å². The third-order valence-electron chi connectivity index (χ3n) is 2.86. The maximum absolute atomic E-state index is 3.85. The van der Waals surface area contributed by atoms with Crippen molar-refractivity contribution in [2.75, 3.05) is 0 Å². The molecular formula is C15H22. The van der Waals surface area contributed by atoms with Gasteiger partial charge in [0, 0.05) is 0 Å². The summed E-state index contributed by atoms with van der Waals surface area (Å²) in [5, 5.41) is 0. The van der Waals surface area contributed by atoms with E-state index in [2.05, 4.69) is 44.7 Å². The van der Waals surface area contributed by atoms with E-state index >= 15 is 0 Å². The summed E-state index contributed by atoms with van der Waals surface area (Å²) in [7, 11) is 0. The van der Waals surface area contributed by atoms with Gasteiger partial charge in [0.2, 0.25) is 0 Å². The van der Waals surface area contributed by atoms with Gasteiger partial charge in [0.15, 0.2) is 0 Å². The van der Waals surface area contributed by atoms with E-state index in [1.807, 2.05) is 6.08 Å². The van der Waals surface area contributed by atoms with Crippen molar-refractivity contribution in [3.05, 3.63) is 48.0 Å². The van der Waals surface area contributed by atoms with Crippen LogP contribution in [-0.4, -0.2) is 0 Å². The van der Waals surface area contributed by atoms with E-state index in [-0.39, 0.29) is 0 Å². The fraction of sp³-hybridized carbons (Fsp3) is 0.467. The molecule has 0 heteroatoms. The molecule has 1 atom stereocenters. The molecule has 0 spiro atoms. The Morgan fingerprint density at radius 2 is 1.93 bits per heavy atom. The second-order valence-corrected chi connectivity index (χ2v) is 4.29. The van der Waals surface area contributed by atoms with Gasteiger partial charge in [-0.25, -0.2) is 0 Å². The molecule has 1 aromatic carbocycles. The van der Waals surface area contributed by atoms with Crippen molar-refractivity contribution < 1.29 is 0 Å². The average Bonchev–Trinajstić information content (AvgIpc) is 2.28. The molecule has 0 aliphatic heterocycles. The first-order valence-corrected chi connectivity index (χ1v) is 5.97. The summed E-state index contributed by atoms with van der Waals surface area (Å²) in [6, 6.07) is 8.81. The van der Waals surface area contributed by atoms with Crippen LogP contribution in [0.3, 0.4) is 0 Å². The zero-order chi connectivity index (χ0) is 11.1. The molecule has 0 saturated heterocycles. The number of benzene rings is 1. The van der Waals surface area contributed by atoms with E-state index < -0.39 is 0 Å². The molecular weight excluding hydrogens is 180 g/mol. The Morgan fingerprint density at radius 1 is 1.27 bits per heavy atom. The van der Waals surface area contributed by atoms with Gasteiger partial charge in [0.25, 0.3) is 0 Å². The predicted molar refractivity (Wildman–Crippen MR) is 68.1 cm³/mol. The standard InChI is InChI=1S/C15H22/c1-4-6-9-14-10-7-8-11-15(14)12-13(3)5-2/h5,7-8,10-11,13H,2,4,6,9,12H2,1,3H3. The quantitative estimate of drug-likeness (QED) is 0.600. The van der Waals surface area contributed by atoms with Crippen molar-refractivity contribution in [3.8, 4) is 0 Å². The number of aryl methyl sites for hydroxylation is 1. The van der Waals surface area contributed by atoms with Gasteiger partial charge < -0.3 is 0 Å². The molecule has 82 valence electrons. The van der Waals surface area contributed by atoms with Crippen molar-refractivity contribution in [1.82, 2.24) is 0 Å². The maximum atomic E-state index is 3.85. The van der Waals surface area contributed by atoms with E-state index in [0.717, 1.165) is 6.42 Å². The molecule has 0 radical (unpaired) electrons. The Balaban J connectivity index is 2.71. The maximum Gasteiger partial charge on any atom is -0.0216 e. The van der Waals surface area contributed by atoms with Gasteiger partial charge in [-0.1, -0.05) is 50.6 Å².